The number of benzene rings is 1. The number of nitrogens with zero attached hydrogens (tertiary/aromatic N) is 1. The highest BCUT2D eigenvalue weighted by atomic mass is 16.7. The molecule has 1 N–H and O–H groups in total. The molecule has 20 heavy (non-hydrogen) atoms. The van der Waals surface area contributed by atoms with E-state index >= 15 is 0 Å². The van der Waals surface area contributed by atoms with Crippen molar-refractivity contribution in [1.82, 2.24) is 4.90 Å². The number of aliphatic carboxylic acids is 1. The Morgan fingerprint density at radius 2 is 2.10 bits per heavy atom. The van der Waals surface area contributed by atoms with Crippen LogP contribution in [0.15, 0.2) is 12.1 Å². The van der Waals surface area contributed by atoms with Gasteiger partial charge in [0.15, 0.2) is 11.5 Å². The van der Waals surface area contributed by atoms with Gasteiger partial charge >= 0.3 is 5.97 Å². The van der Waals surface area contributed by atoms with Gasteiger partial charge in [0.2, 0.25) is 12.5 Å². The zero-order chi connectivity index (χ0) is 14.7. The van der Waals surface area contributed by atoms with Crippen LogP contribution >= 0.6 is 0 Å². The number of fused-ring (bicyclic) bond motifs is 1. The molecule has 1 heterocycles. The van der Waals surface area contributed by atoms with Crippen molar-refractivity contribution in [2.24, 2.45) is 0 Å². The average Bonchev–Trinajstić information content (AvgIpc) is 2.91. The molecule has 2 rings (SSSR count). The fourth-order valence-corrected chi connectivity index (χ4v) is 2.41. The molecule has 0 radical (unpaired) electrons. The minimum atomic E-state index is -0.894. The van der Waals surface area contributed by atoms with Gasteiger partial charge < -0.3 is 19.3 Å². The van der Waals surface area contributed by atoms with Gasteiger partial charge in [-0.05, 0) is 30.8 Å². The van der Waals surface area contributed by atoms with Crippen molar-refractivity contribution in [2.45, 2.75) is 19.9 Å². The van der Waals surface area contributed by atoms with Crippen LogP contribution in [0.25, 0.3) is 0 Å². The lowest BCUT2D eigenvalue weighted by atomic mass is 10.0. The van der Waals surface area contributed by atoms with E-state index in [0.717, 1.165) is 0 Å². The highest BCUT2D eigenvalue weighted by Gasteiger charge is 2.29. The summed E-state index contributed by atoms with van der Waals surface area (Å²) < 4.78 is 15.9. The average molecular weight is 281 g/mol. The van der Waals surface area contributed by atoms with E-state index in [4.69, 9.17) is 14.2 Å². The standard InChI is InChI=1S/C14H19NO5/c1-4-15(5-2)12(14(16)17)9-6-10(18-3)13-11(7-9)19-8-20-13/h6-7,12H,4-5,8H2,1-3H3,(H,16,17). The van der Waals surface area contributed by atoms with Crippen LogP contribution in [-0.4, -0.2) is 43.0 Å². The smallest absolute Gasteiger partial charge is 0.325 e. The SMILES string of the molecule is CCN(CC)C(C(=O)O)c1cc(OC)c2c(c1)OCO2. The molecule has 0 amide bonds. The first kappa shape index (κ1) is 14.5. The van der Waals surface area contributed by atoms with Crippen molar-refractivity contribution < 1.29 is 24.1 Å². The van der Waals surface area contributed by atoms with Crippen molar-refractivity contribution in [3.8, 4) is 17.2 Å². The van der Waals surface area contributed by atoms with Crippen LogP contribution in [0.2, 0.25) is 0 Å². The van der Waals surface area contributed by atoms with Gasteiger partial charge in [0, 0.05) is 0 Å². The maximum Gasteiger partial charge on any atom is 0.325 e. The summed E-state index contributed by atoms with van der Waals surface area (Å²) in [5.74, 6) is 0.653. The summed E-state index contributed by atoms with van der Waals surface area (Å²) in [4.78, 5) is 13.5. The molecule has 0 fully saturated rings. The molecule has 1 aliphatic rings. The maximum absolute atomic E-state index is 11.6. The monoisotopic (exact) mass is 281 g/mol. The molecule has 1 unspecified atom stereocenters. The van der Waals surface area contributed by atoms with Gasteiger partial charge in [-0.3, -0.25) is 9.69 Å². The second-order valence-corrected chi connectivity index (χ2v) is 4.42. The van der Waals surface area contributed by atoms with Crippen LogP contribution < -0.4 is 14.2 Å². The van der Waals surface area contributed by atoms with Crippen molar-refractivity contribution in [1.29, 1.82) is 0 Å². The fourth-order valence-electron chi connectivity index (χ4n) is 2.41. The van der Waals surface area contributed by atoms with Gasteiger partial charge in [-0.15, -0.1) is 0 Å². The lowest BCUT2D eigenvalue weighted by Gasteiger charge is -2.26. The van der Waals surface area contributed by atoms with Crippen molar-refractivity contribution >= 4 is 5.97 Å². The third-order valence-corrected chi connectivity index (χ3v) is 3.41. The van der Waals surface area contributed by atoms with E-state index in [1.807, 2.05) is 18.7 Å². The second-order valence-electron chi connectivity index (χ2n) is 4.42. The molecule has 0 aliphatic carbocycles. The summed E-state index contributed by atoms with van der Waals surface area (Å²) in [7, 11) is 1.52. The third kappa shape index (κ3) is 2.51. The second kappa shape index (κ2) is 6.00. The van der Waals surface area contributed by atoms with Crippen molar-refractivity contribution in [2.75, 3.05) is 27.0 Å². The number of hydrogen-bond donors (Lipinski definition) is 1. The van der Waals surface area contributed by atoms with Crippen LogP contribution in [0.4, 0.5) is 0 Å². The lowest BCUT2D eigenvalue weighted by Crippen LogP contribution is -2.33. The molecule has 0 bridgehead atoms. The van der Waals surface area contributed by atoms with E-state index < -0.39 is 12.0 Å². The third-order valence-electron chi connectivity index (χ3n) is 3.41. The Kier molecular flexibility index (Phi) is 4.34. The van der Waals surface area contributed by atoms with Crippen molar-refractivity contribution in [3.63, 3.8) is 0 Å². The van der Waals surface area contributed by atoms with Gasteiger partial charge in [0.1, 0.15) is 6.04 Å². The van der Waals surface area contributed by atoms with Crippen LogP contribution in [0.5, 0.6) is 17.2 Å². The number of hydrogen-bond acceptors (Lipinski definition) is 5. The Morgan fingerprint density at radius 1 is 1.40 bits per heavy atom. The predicted molar refractivity (Wildman–Crippen MR) is 72.4 cm³/mol. The summed E-state index contributed by atoms with van der Waals surface area (Å²) in [6.45, 7) is 5.28. The molecule has 0 saturated heterocycles. The van der Waals surface area contributed by atoms with Gasteiger partial charge in [-0.2, -0.15) is 0 Å². The van der Waals surface area contributed by atoms with E-state index in [1.54, 1.807) is 12.1 Å². The molecule has 1 atom stereocenters. The highest BCUT2D eigenvalue weighted by Crippen LogP contribution is 2.43. The Bertz CT molecular complexity index is 499. The molecule has 0 saturated carbocycles. The summed E-state index contributed by atoms with van der Waals surface area (Å²) in [5.41, 5.74) is 0.627. The predicted octanol–water partition coefficient (Wildman–Crippen LogP) is 1.89. The van der Waals surface area contributed by atoms with Crippen LogP contribution in [0.3, 0.4) is 0 Å². The number of rotatable bonds is 6. The molecular formula is C14H19NO5. The summed E-state index contributed by atoms with van der Waals surface area (Å²) in [5, 5.41) is 9.52. The number of likely N-dealkylation sites (N-methyl/N-ethyl adjacent to an activating group) is 1. The zero-order valence-corrected chi connectivity index (χ0v) is 11.9. The van der Waals surface area contributed by atoms with Crippen LogP contribution in [0.1, 0.15) is 25.5 Å². The zero-order valence-electron chi connectivity index (χ0n) is 11.9. The van der Waals surface area contributed by atoms with Gasteiger partial charge in [-0.25, -0.2) is 0 Å². The molecule has 110 valence electrons. The Balaban J connectivity index is 2.46. The lowest BCUT2D eigenvalue weighted by molar-refractivity contribution is -0.143. The fraction of sp³-hybridized carbons (Fsp3) is 0.500. The molecule has 0 aromatic heterocycles. The minimum absolute atomic E-state index is 0.123. The topological polar surface area (TPSA) is 68.2 Å². The number of methoxy groups -OCH3 is 1. The molecule has 6 nitrogen and oxygen atoms in total. The largest absolute Gasteiger partial charge is 0.493 e. The molecular weight excluding hydrogens is 262 g/mol. The molecule has 1 aliphatic heterocycles. The van der Waals surface area contributed by atoms with Gasteiger partial charge in [-0.1, -0.05) is 13.8 Å². The summed E-state index contributed by atoms with van der Waals surface area (Å²) in [6.07, 6.45) is 0. The van der Waals surface area contributed by atoms with Crippen molar-refractivity contribution in [3.05, 3.63) is 17.7 Å². The van der Waals surface area contributed by atoms with E-state index in [-0.39, 0.29) is 6.79 Å². The molecule has 6 heteroatoms. The van der Waals surface area contributed by atoms with Gasteiger partial charge in [0.25, 0.3) is 0 Å². The normalized spacial score (nSPS) is 14.4. The maximum atomic E-state index is 11.6. The highest BCUT2D eigenvalue weighted by molar-refractivity contribution is 5.76. The number of carboxylic acid groups (broad SMARTS) is 1. The van der Waals surface area contributed by atoms with E-state index in [2.05, 4.69) is 0 Å². The Labute approximate surface area is 117 Å². The minimum Gasteiger partial charge on any atom is -0.493 e. The first-order valence-corrected chi connectivity index (χ1v) is 6.56. The van der Waals surface area contributed by atoms with E-state index in [0.29, 0.717) is 35.9 Å². The first-order valence-electron chi connectivity index (χ1n) is 6.56. The molecule has 0 spiro atoms. The van der Waals surface area contributed by atoms with Crippen LogP contribution in [0, 0.1) is 0 Å². The van der Waals surface area contributed by atoms with Crippen LogP contribution in [-0.2, 0) is 4.79 Å². The molecule has 1 aromatic carbocycles. The number of carbonyl (C=O) groups is 1. The number of ether oxygens (including phenoxy) is 3. The van der Waals surface area contributed by atoms with Gasteiger partial charge in [0.05, 0.1) is 7.11 Å². The van der Waals surface area contributed by atoms with E-state index in [9.17, 15) is 9.90 Å². The molecule has 1 aromatic rings. The first-order chi connectivity index (χ1) is 9.62. The Morgan fingerprint density at radius 3 is 2.65 bits per heavy atom. The van der Waals surface area contributed by atoms with E-state index in [1.165, 1.54) is 7.11 Å². The summed E-state index contributed by atoms with van der Waals surface area (Å²) in [6, 6.07) is 2.68. The number of carboxylic acids is 1. The summed E-state index contributed by atoms with van der Waals surface area (Å²) >= 11 is 0. The Hall–Kier alpha value is -1.95. The quantitative estimate of drug-likeness (QED) is 0.859.